The third-order valence-electron chi connectivity index (χ3n) is 8.94. The molecular weight excluding hydrogens is 583 g/mol. The molecule has 1 aliphatic carbocycles. The highest BCUT2D eigenvalue weighted by atomic mass is 32.2. The minimum Gasteiger partial charge on any atom is -0.491 e. The molecule has 43 heavy (non-hydrogen) atoms. The molecule has 1 saturated heterocycles. The van der Waals surface area contributed by atoms with E-state index in [1.165, 1.54) is 46.6 Å². The highest BCUT2D eigenvalue weighted by Gasteiger charge is 2.31. The molecule has 0 bridgehead atoms. The zero-order valence-corrected chi connectivity index (χ0v) is 26.1. The van der Waals surface area contributed by atoms with Gasteiger partial charge in [-0.1, -0.05) is 19.3 Å². The van der Waals surface area contributed by atoms with Crippen LogP contribution in [0.25, 0.3) is 21.5 Å². The van der Waals surface area contributed by atoms with Gasteiger partial charge in [-0.3, -0.25) is 9.00 Å². The van der Waals surface area contributed by atoms with Gasteiger partial charge in [0, 0.05) is 57.9 Å². The number of hydrogen-bond acceptors (Lipinski definition) is 7. The summed E-state index contributed by atoms with van der Waals surface area (Å²) in [7, 11) is -1.08. The minimum atomic E-state index is -1.08. The van der Waals surface area contributed by atoms with Crippen LogP contribution in [0.5, 0.6) is 11.5 Å². The van der Waals surface area contributed by atoms with E-state index in [4.69, 9.17) is 19.9 Å². The number of nitrogens with zero attached hydrogens (tertiary/aromatic N) is 2. The standard InChI is InChI=1S/C33H37N3O5S2/c1-43(38)24-8-10-26(35-11-14-39-15-12-35)22(17-24)20-41-23-7-9-25-28(18-23)40-16-13-36-27-19-29(33(34)37)42-32(27)30(31(25)36)21-5-3-2-4-6-21/h7-10,17-19,21H,2-6,11-16,20H2,1H3,(H2,34,37). The Morgan fingerprint density at radius 1 is 1.05 bits per heavy atom. The van der Waals surface area contributed by atoms with Crippen LogP contribution >= 0.6 is 11.3 Å². The lowest BCUT2D eigenvalue weighted by Crippen LogP contribution is -2.36. The number of benzene rings is 2. The Kier molecular flexibility index (Phi) is 7.92. The molecule has 4 heterocycles. The fraction of sp³-hybridized carbons (Fsp3) is 0.424. The molecule has 7 rings (SSSR count). The number of carbonyl (C=O) groups excluding carboxylic acids is 1. The van der Waals surface area contributed by atoms with Gasteiger partial charge in [0.05, 0.1) is 40.5 Å². The fourth-order valence-electron chi connectivity index (χ4n) is 6.85. The highest BCUT2D eigenvalue weighted by Crippen LogP contribution is 2.49. The monoisotopic (exact) mass is 619 g/mol. The number of ether oxygens (including phenoxy) is 3. The summed E-state index contributed by atoms with van der Waals surface area (Å²) in [6, 6.07) is 14.1. The first kappa shape index (κ1) is 28.4. The average Bonchev–Trinajstić information content (AvgIpc) is 3.53. The van der Waals surface area contributed by atoms with Crippen LogP contribution in [-0.4, -0.2) is 53.8 Å². The van der Waals surface area contributed by atoms with Gasteiger partial charge in [-0.05, 0) is 60.7 Å². The molecule has 2 N–H and O–H groups in total. The molecule has 1 unspecified atom stereocenters. The number of rotatable bonds is 7. The van der Waals surface area contributed by atoms with Crippen molar-refractivity contribution in [3.05, 3.63) is 58.5 Å². The molecule has 8 nitrogen and oxygen atoms in total. The molecule has 2 aromatic carbocycles. The second kappa shape index (κ2) is 12.0. The molecule has 1 amide bonds. The van der Waals surface area contributed by atoms with Crippen LogP contribution in [0.15, 0.2) is 47.4 Å². The van der Waals surface area contributed by atoms with Gasteiger partial charge in [-0.2, -0.15) is 0 Å². The summed E-state index contributed by atoms with van der Waals surface area (Å²) in [5, 5.41) is 0. The molecule has 3 aliphatic rings. The Bertz CT molecular complexity index is 1700. The fourth-order valence-corrected chi connectivity index (χ4v) is 8.55. The predicted molar refractivity (Wildman–Crippen MR) is 171 cm³/mol. The number of morpholine rings is 1. The third-order valence-corrected chi connectivity index (χ3v) is 11.0. The number of hydrogen-bond donors (Lipinski definition) is 1. The Morgan fingerprint density at radius 2 is 1.86 bits per heavy atom. The van der Waals surface area contributed by atoms with E-state index in [1.54, 1.807) is 6.26 Å². The first-order chi connectivity index (χ1) is 21.0. The largest absolute Gasteiger partial charge is 0.491 e. The van der Waals surface area contributed by atoms with E-state index < -0.39 is 10.8 Å². The van der Waals surface area contributed by atoms with Crippen molar-refractivity contribution in [2.24, 2.45) is 5.73 Å². The van der Waals surface area contributed by atoms with Crippen molar-refractivity contribution in [2.45, 2.75) is 56.1 Å². The molecular formula is C33H37N3O5S2. The topological polar surface area (TPSA) is 96.0 Å². The van der Waals surface area contributed by atoms with Crippen LogP contribution in [-0.2, 0) is 28.7 Å². The number of fused-ring (bicyclic) bond motifs is 5. The van der Waals surface area contributed by atoms with Crippen molar-refractivity contribution in [3.8, 4) is 22.8 Å². The lowest BCUT2D eigenvalue weighted by atomic mass is 9.83. The van der Waals surface area contributed by atoms with Crippen molar-refractivity contribution in [1.82, 2.24) is 4.57 Å². The minimum absolute atomic E-state index is 0.353. The quantitative estimate of drug-likeness (QED) is 0.270. The van der Waals surface area contributed by atoms with Gasteiger partial charge in [0.1, 0.15) is 24.7 Å². The van der Waals surface area contributed by atoms with E-state index in [2.05, 4.69) is 21.6 Å². The highest BCUT2D eigenvalue weighted by molar-refractivity contribution is 7.84. The number of amides is 1. The van der Waals surface area contributed by atoms with Crippen LogP contribution in [0.3, 0.4) is 0 Å². The van der Waals surface area contributed by atoms with Gasteiger partial charge in [0.2, 0.25) is 0 Å². The number of carbonyl (C=O) groups is 1. The molecule has 10 heteroatoms. The van der Waals surface area contributed by atoms with Gasteiger partial charge in [-0.15, -0.1) is 11.3 Å². The molecule has 2 aliphatic heterocycles. The molecule has 226 valence electrons. The summed E-state index contributed by atoms with van der Waals surface area (Å²) in [4.78, 5) is 15.8. The summed E-state index contributed by atoms with van der Waals surface area (Å²) in [6.45, 7) is 4.58. The van der Waals surface area contributed by atoms with E-state index in [1.807, 2.05) is 30.3 Å². The number of thiophene rings is 1. The van der Waals surface area contributed by atoms with Crippen molar-refractivity contribution < 1.29 is 23.2 Å². The normalized spacial score (nSPS) is 18.0. The van der Waals surface area contributed by atoms with E-state index in [9.17, 15) is 9.00 Å². The number of anilines is 1. The molecule has 1 saturated carbocycles. The summed E-state index contributed by atoms with van der Waals surface area (Å²) >= 11 is 1.53. The molecule has 1 atom stereocenters. The average molecular weight is 620 g/mol. The van der Waals surface area contributed by atoms with Crippen molar-refractivity contribution in [3.63, 3.8) is 0 Å². The van der Waals surface area contributed by atoms with E-state index in [0.717, 1.165) is 64.7 Å². The third kappa shape index (κ3) is 5.45. The van der Waals surface area contributed by atoms with Gasteiger partial charge < -0.3 is 29.4 Å². The first-order valence-electron chi connectivity index (χ1n) is 15.1. The van der Waals surface area contributed by atoms with E-state index >= 15 is 0 Å². The summed E-state index contributed by atoms with van der Waals surface area (Å²) in [5.41, 5.74) is 12.5. The van der Waals surface area contributed by atoms with Crippen LogP contribution in [0.2, 0.25) is 0 Å². The SMILES string of the molecule is CS(=O)c1ccc(N2CCOCC2)c(COc2ccc3c(c2)OCCn2c-3c(C3CCCCC3)c3sc(C(N)=O)cc32)c1. The van der Waals surface area contributed by atoms with Gasteiger partial charge >= 0.3 is 0 Å². The Balaban J connectivity index is 1.24. The summed E-state index contributed by atoms with van der Waals surface area (Å²) < 4.78 is 34.1. The predicted octanol–water partition coefficient (Wildman–Crippen LogP) is 6.06. The maximum atomic E-state index is 12.3. The smallest absolute Gasteiger partial charge is 0.258 e. The Labute approximate surface area is 258 Å². The number of primary amides is 1. The van der Waals surface area contributed by atoms with Gasteiger partial charge in [0.25, 0.3) is 5.91 Å². The lowest BCUT2D eigenvalue weighted by molar-refractivity contribution is 0.100. The molecule has 2 aromatic heterocycles. The zero-order valence-electron chi connectivity index (χ0n) is 24.4. The van der Waals surface area contributed by atoms with Gasteiger partial charge in [0.15, 0.2) is 0 Å². The summed E-state index contributed by atoms with van der Waals surface area (Å²) in [5.74, 6) is 1.62. The summed E-state index contributed by atoms with van der Waals surface area (Å²) in [6.07, 6.45) is 7.73. The Morgan fingerprint density at radius 3 is 2.63 bits per heavy atom. The van der Waals surface area contributed by atoms with E-state index in [0.29, 0.717) is 43.8 Å². The number of aromatic nitrogens is 1. The van der Waals surface area contributed by atoms with Crippen molar-refractivity contribution in [2.75, 3.05) is 44.1 Å². The number of nitrogens with two attached hydrogens (primary N) is 1. The molecule has 0 radical (unpaired) electrons. The van der Waals surface area contributed by atoms with Gasteiger partial charge in [-0.25, -0.2) is 0 Å². The molecule has 2 fully saturated rings. The Hall–Kier alpha value is -3.34. The van der Waals surface area contributed by atoms with Crippen molar-refractivity contribution in [1.29, 1.82) is 0 Å². The maximum absolute atomic E-state index is 12.3. The zero-order chi connectivity index (χ0) is 29.5. The van der Waals surface area contributed by atoms with Crippen LogP contribution < -0.4 is 20.1 Å². The van der Waals surface area contributed by atoms with Crippen LogP contribution in [0, 0.1) is 0 Å². The van der Waals surface area contributed by atoms with Crippen LogP contribution in [0.1, 0.15) is 58.8 Å². The van der Waals surface area contributed by atoms with E-state index in [-0.39, 0.29) is 5.91 Å². The first-order valence-corrected chi connectivity index (χ1v) is 17.5. The maximum Gasteiger partial charge on any atom is 0.258 e. The lowest BCUT2D eigenvalue weighted by Gasteiger charge is -2.30. The molecule has 4 aromatic rings. The van der Waals surface area contributed by atoms with Crippen LogP contribution in [0.4, 0.5) is 5.69 Å². The molecule has 0 spiro atoms. The second-order valence-corrected chi connectivity index (χ2v) is 14.0. The van der Waals surface area contributed by atoms with Crippen molar-refractivity contribution >= 4 is 43.9 Å². The second-order valence-electron chi connectivity index (χ2n) is 11.6.